The summed E-state index contributed by atoms with van der Waals surface area (Å²) >= 11 is -1.92. The number of halogens is 1. The molecule has 0 radical (unpaired) electrons. The van der Waals surface area contributed by atoms with Crippen LogP contribution in [0, 0.1) is 3.57 Å². The van der Waals surface area contributed by atoms with Gasteiger partial charge in [0.25, 0.3) is 0 Å². The predicted molar refractivity (Wildman–Crippen MR) is 80.1 cm³/mol. The number of hydrogen-bond donors (Lipinski definition) is 0. The van der Waals surface area contributed by atoms with Crippen molar-refractivity contribution in [3.05, 3.63) is 73.4 Å². The SMILES string of the molecule is O=C1OI(/C=C/c2ccccc2)c2ccccc21. The van der Waals surface area contributed by atoms with Crippen molar-refractivity contribution in [1.82, 2.24) is 0 Å². The molecule has 0 unspecified atom stereocenters. The molecule has 0 saturated carbocycles. The molecule has 18 heavy (non-hydrogen) atoms. The predicted octanol–water partition coefficient (Wildman–Crippen LogP) is 4.12. The molecule has 90 valence electrons. The Balaban J connectivity index is 1.88. The number of carbonyl (C=O) groups excluding carboxylic acids is 1. The van der Waals surface area contributed by atoms with Gasteiger partial charge < -0.3 is 0 Å². The van der Waals surface area contributed by atoms with E-state index >= 15 is 0 Å². The molecule has 1 heterocycles. The maximum absolute atomic E-state index is 11.7. The molecule has 0 spiro atoms. The van der Waals surface area contributed by atoms with Crippen molar-refractivity contribution in [1.29, 1.82) is 0 Å². The maximum atomic E-state index is 11.7. The second kappa shape index (κ2) is 4.94. The molecular weight excluding hydrogens is 339 g/mol. The molecule has 1 aliphatic heterocycles. The van der Waals surface area contributed by atoms with Gasteiger partial charge in [-0.15, -0.1) is 0 Å². The molecule has 0 N–H and O–H groups in total. The Morgan fingerprint density at radius 2 is 1.67 bits per heavy atom. The third-order valence-electron chi connectivity index (χ3n) is 2.62. The van der Waals surface area contributed by atoms with Gasteiger partial charge in [-0.25, -0.2) is 0 Å². The number of hydrogen-bond acceptors (Lipinski definition) is 2. The summed E-state index contributed by atoms with van der Waals surface area (Å²) in [4.78, 5) is 11.7. The van der Waals surface area contributed by atoms with Crippen LogP contribution in [-0.2, 0) is 3.07 Å². The topological polar surface area (TPSA) is 26.3 Å². The van der Waals surface area contributed by atoms with Crippen LogP contribution in [0.1, 0.15) is 15.9 Å². The van der Waals surface area contributed by atoms with Crippen LogP contribution in [0.25, 0.3) is 6.08 Å². The first kappa shape index (κ1) is 11.5. The summed E-state index contributed by atoms with van der Waals surface area (Å²) in [5, 5.41) is 0. The van der Waals surface area contributed by atoms with Crippen LogP contribution in [0.2, 0.25) is 0 Å². The van der Waals surface area contributed by atoms with Gasteiger partial charge in [0.2, 0.25) is 0 Å². The summed E-state index contributed by atoms with van der Waals surface area (Å²) in [6.45, 7) is 0. The van der Waals surface area contributed by atoms with E-state index in [1.54, 1.807) is 0 Å². The van der Waals surface area contributed by atoms with Gasteiger partial charge in [0, 0.05) is 0 Å². The fraction of sp³-hybridized carbons (Fsp3) is 0. The van der Waals surface area contributed by atoms with Crippen molar-refractivity contribution in [3.63, 3.8) is 0 Å². The number of carbonyl (C=O) groups is 1. The average Bonchev–Trinajstić information content (AvgIpc) is 2.75. The molecule has 0 atom stereocenters. The van der Waals surface area contributed by atoms with Crippen LogP contribution < -0.4 is 0 Å². The van der Waals surface area contributed by atoms with Crippen LogP contribution in [0.3, 0.4) is 0 Å². The van der Waals surface area contributed by atoms with E-state index in [0.29, 0.717) is 0 Å². The van der Waals surface area contributed by atoms with E-state index < -0.39 is 20.2 Å². The number of rotatable bonds is 2. The van der Waals surface area contributed by atoms with Gasteiger partial charge in [-0.05, 0) is 0 Å². The van der Waals surface area contributed by atoms with Crippen LogP contribution in [0.4, 0.5) is 0 Å². The second-order valence-corrected chi connectivity index (χ2v) is 7.72. The van der Waals surface area contributed by atoms with E-state index in [9.17, 15) is 4.79 Å². The summed E-state index contributed by atoms with van der Waals surface area (Å²) in [5.41, 5.74) is 1.87. The first-order chi connectivity index (χ1) is 8.84. The fourth-order valence-electron chi connectivity index (χ4n) is 1.74. The van der Waals surface area contributed by atoms with Crippen LogP contribution in [0.15, 0.2) is 58.7 Å². The zero-order chi connectivity index (χ0) is 12.4. The minimum absolute atomic E-state index is 0.173. The molecule has 0 bridgehead atoms. The standard InChI is InChI=1S/C15H11IO2/c17-15-13-8-4-5-9-14(13)16(18-15)11-10-12-6-2-1-3-7-12/h1-11H/b11-10+. The van der Waals surface area contributed by atoms with Crippen molar-refractivity contribution in [2.45, 2.75) is 0 Å². The zero-order valence-electron chi connectivity index (χ0n) is 9.55. The summed E-state index contributed by atoms with van der Waals surface area (Å²) in [7, 11) is 0. The van der Waals surface area contributed by atoms with Gasteiger partial charge in [-0.3, -0.25) is 0 Å². The molecular formula is C15H11IO2. The number of fused-ring (bicyclic) bond motifs is 1. The van der Waals surface area contributed by atoms with E-state index in [2.05, 4.69) is 4.08 Å². The normalized spacial score (nSPS) is 15.8. The first-order valence-corrected chi connectivity index (χ1v) is 8.78. The van der Waals surface area contributed by atoms with E-state index in [1.807, 2.05) is 60.7 Å². The third kappa shape index (κ3) is 2.18. The van der Waals surface area contributed by atoms with E-state index in [4.69, 9.17) is 3.07 Å². The van der Waals surface area contributed by atoms with E-state index in [-0.39, 0.29) is 5.97 Å². The Morgan fingerprint density at radius 3 is 2.50 bits per heavy atom. The first-order valence-electron chi connectivity index (χ1n) is 5.58. The zero-order valence-corrected chi connectivity index (χ0v) is 11.7. The Kier molecular flexibility index (Phi) is 3.15. The molecule has 3 rings (SSSR count). The van der Waals surface area contributed by atoms with E-state index in [1.165, 1.54) is 0 Å². The van der Waals surface area contributed by atoms with Crippen molar-refractivity contribution < 1.29 is 7.86 Å². The minimum atomic E-state index is -1.92. The van der Waals surface area contributed by atoms with Crippen molar-refractivity contribution >= 4 is 32.3 Å². The van der Waals surface area contributed by atoms with Gasteiger partial charge in [0.15, 0.2) is 0 Å². The molecule has 2 aromatic rings. The van der Waals surface area contributed by atoms with Gasteiger partial charge in [-0.1, -0.05) is 0 Å². The molecule has 3 heteroatoms. The van der Waals surface area contributed by atoms with Crippen molar-refractivity contribution in [2.75, 3.05) is 0 Å². The Bertz CT molecular complexity index is 605. The van der Waals surface area contributed by atoms with Gasteiger partial charge >= 0.3 is 114 Å². The molecule has 1 aliphatic rings. The second-order valence-electron chi connectivity index (χ2n) is 3.82. The molecule has 0 amide bonds. The molecule has 0 saturated heterocycles. The summed E-state index contributed by atoms with van der Waals surface area (Å²) in [6.07, 6.45) is 2.04. The van der Waals surface area contributed by atoms with Crippen LogP contribution >= 0.6 is 20.2 Å². The average molecular weight is 350 g/mol. The van der Waals surface area contributed by atoms with Crippen molar-refractivity contribution in [3.8, 4) is 0 Å². The molecule has 2 aromatic carbocycles. The monoisotopic (exact) mass is 350 g/mol. The summed E-state index contributed by atoms with van der Waals surface area (Å²) in [5.74, 6) is -0.173. The van der Waals surface area contributed by atoms with Crippen molar-refractivity contribution in [2.24, 2.45) is 0 Å². The quantitative estimate of drug-likeness (QED) is 0.762. The fourth-order valence-corrected chi connectivity index (χ4v) is 5.45. The summed E-state index contributed by atoms with van der Waals surface area (Å²) in [6, 6.07) is 17.7. The van der Waals surface area contributed by atoms with Gasteiger partial charge in [0.05, 0.1) is 0 Å². The van der Waals surface area contributed by atoms with Gasteiger partial charge in [-0.2, -0.15) is 0 Å². The molecule has 0 fully saturated rings. The van der Waals surface area contributed by atoms with Gasteiger partial charge in [0.1, 0.15) is 0 Å². The molecule has 0 aliphatic carbocycles. The Labute approximate surface area is 113 Å². The number of benzene rings is 2. The molecule has 2 nitrogen and oxygen atoms in total. The van der Waals surface area contributed by atoms with Crippen LogP contribution in [0.5, 0.6) is 0 Å². The summed E-state index contributed by atoms with van der Waals surface area (Å²) < 4.78 is 8.65. The van der Waals surface area contributed by atoms with E-state index in [0.717, 1.165) is 14.7 Å². The third-order valence-corrected chi connectivity index (χ3v) is 6.59. The van der Waals surface area contributed by atoms with Crippen LogP contribution in [-0.4, -0.2) is 5.97 Å². The Morgan fingerprint density at radius 1 is 0.944 bits per heavy atom. The Hall–Kier alpha value is -1.62. The molecule has 0 aromatic heterocycles.